The Morgan fingerprint density at radius 1 is 0.633 bits per heavy atom. The Bertz CT molecular complexity index is 908. The summed E-state index contributed by atoms with van der Waals surface area (Å²) in [6, 6.07) is 0. The zero-order valence-corrected chi connectivity index (χ0v) is 31.8. The lowest BCUT2D eigenvalue weighted by atomic mass is 10.1. The van der Waals surface area contributed by atoms with Gasteiger partial charge >= 0.3 is 17.9 Å². The van der Waals surface area contributed by atoms with Crippen LogP contribution in [0.3, 0.4) is 0 Å². The first-order chi connectivity index (χ1) is 23.6. The van der Waals surface area contributed by atoms with Crippen LogP contribution in [0.15, 0.2) is 36.5 Å². The molecule has 0 radical (unpaired) electrons. The highest BCUT2D eigenvalue weighted by Crippen LogP contribution is 2.13. The number of carbonyl (C=O) groups is 3. The van der Waals surface area contributed by atoms with Gasteiger partial charge in [-0.1, -0.05) is 121 Å². The number of carboxylic acid groups (broad SMARTS) is 1. The summed E-state index contributed by atoms with van der Waals surface area (Å²) < 4.78 is 22.6. The number of carboxylic acids is 1. The maximum Gasteiger partial charge on any atom is 0.361 e. The molecule has 0 saturated heterocycles. The fourth-order valence-electron chi connectivity index (χ4n) is 4.91. The minimum Gasteiger partial charge on any atom is -0.477 e. The van der Waals surface area contributed by atoms with Crippen LogP contribution < -0.4 is 0 Å². The number of quaternary nitrogens is 1. The van der Waals surface area contributed by atoms with Gasteiger partial charge in [-0.05, 0) is 44.9 Å². The molecule has 49 heavy (non-hydrogen) atoms. The van der Waals surface area contributed by atoms with E-state index in [0.717, 1.165) is 70.6 Å². The molecule has 0 heterocycles. The van der Waals surface area contributed by atoms with Crippen LogP contribution in [0.4, 0.5) is 0 Å². The molecule has 0 spiro atoms. The van der Waals surface area contributed by atoms with Crippen LogP contribution in [0.1, 0.15) is 142 Å². The number of allylic oxidation sites excluding steroid dienone is 6. The third kappa shape index (κ3) is 33.8. The van der Waals surface area contributed by atoms with Crippen molar-refractivity contribution in [3.8, 4) is 0 Å². The zero-order valence-electron chi connectivity index (χ0n) is 31.8. The molecule has 0 bridgehead atoms. The van der Waals surface area contributed by atoms with Crippen molar-refractivity contribution in [2.45, 2.75) is 155 Å². The largest absolute Gasteiger partial charge is 0.477 e. The number of aliphatic carboxylic acids is 1. The first-order valence-electron chi connectivity index (χ1n) is 19.2. The van der Waals surface area contributed by atoms with Crippen LogP contribution in [-0.4, -0.2) is 87.4 Å². The van der Waals surface area contributed by atoms with E-state index in [-0.39, 0.29) is 32.2 Å². The normalized spacial score (nSPS) is 13.4. The molecule has 284 valence electrons. The van der Waals surface area contributed by atoms with E-state index in [4.69, 9.17) is 18.9 Å². The standard InChI is InChI=1S/C40H71NO8/c1-6-8-10-12-14-16-17-18-19-20-21-23-25-27-29-31-38(43)49-36(35-48-40(39(44)45)46-33-32-41(3,4)5)34-47-37(42)30-28-26-24-22-15-13-11-9-7-2/h8,10,14,16,18-19,36,40H,6-7,9,11-13,15,17,20-35H2,1-5H3/p+1/b10-8-,16-14-,19-18-. The van der Waals surface area contributed by atoms with Crippen LogP contribution in [0.25, 0.3) is 0 Å². The topological polar surface area (TPSA) is 108 Å². The molecule has 9 nitrogen and oxygen atoms in total. The smallest absolute Gasteiger partial charge is 0.361 e. The van der Waals surface area contributed by atoms with Gasteiger partial charge in [-0.15, -0.1) is 0 Å². The van der Waals surface area contributed by atoms with E-state index in [1.54, 1.807) is 0 Å². The number of hydrogen-bond donors (Lipinski definition) is 1. The highest BCUT2D eigenvalue weighted by molar-refractivity contribution is 5.71. The second-order valence-corrected chi connectivity index (χ2v) is 13.9. The van der Waals surface area contributed by atoms with Gasteiger partial charge in [0.25, 0.3) is 6.29 Å². The van der Waals surface area contributed by atoms with Crippen LogP contribution in [0, 0.1) is 0 Å². The average Bonchev–Trinajstić information content (AvgIpc) is 3.05. The Morgan fingerprint density at radius 2 is 1.16 bits per heavy atom. The van der Waals surface area contributed by atoms with Gasteiger partial charge in [0.1, 0.15) is 13.2 Å². The van der Waals surface area contributed by atoms with Crippen molar-refractivity contribution in [1.29, 1.82) is 0 Å². The molecule has 0 aromatic carbocycles. The lowest BCUT2D eigenvalue weighted by molar-refractivity contribution is -0.870. The molecular weight excluding hydrogens is 622 g/mol. The first-order valence-corrected chi connectivity index (χ1v) is 19.2. The summed E-state index contributed by atoms with van der Waals surface area (Å²) in [5.41, 5.74) is 0. The molecule has 0 fully saturated rings. The molecular formula is C40H72NO8+. The van der Waals surface area contributed by atoms with Crippen LogP contribution in [-0.2, 0) is 33.3 Å². The van der Waals surface area contributed by atoms with Crippen molar-refractivity contribution in [3.05, 3.63) is 36.5 Å². The molecule has 0 amide bonds. The fourth-order valence-corrected chi connectivity index (χ4v) is 4.91. The number of esters is 2. The predicted octanol–water partition coefficient (Wildman–Crippen LogP) is 9.10. The Balaban J connectivity index is 4.56. The predicted molar refractivity (Wildman–Crippen MR) is 198 cm³/mol. The molecule has 9 heteroatoms. The number of ether oxygens (including phenoxy) is 4. The fraction of sp³-hybridized carbons (Fsp3) is 0.775. The van der Waals surface area contributed by atoms with Gasteiger partial charge in [0.2, 0.25) is 0 Å². The second kappa shape index (κ2) is 32.7. The number of hydrogen-bond acceptors (Lipinski definition) is 7. The van der Waals surface area contributed by atoms with Gasteiger partial charge in [-0.25, -0.2) is 4.79 Å². The van der Waals surface area contributed by atoms with Gasteiger partial charge in [0, 0.05) is 12.8 Å². The summed E-state index contributed by atoms with van der Waals surface area (Å²) in [5.74, 6) is -2.04. The minimum absolute atomic E-state index is 0.184. The number of likely N-dealkylation sites (N-methyl/N-ethyl adjacent to an activating group) is 1. The zero-order chi connectivity index (χ0) is 36.4. The Kier molecular flexibility index (Phi) is 31.0. The van der Waals surface area contributed by atoms with E-state index >= 15 is 0 Å². The van der Waals surface area contributed by atoms with E-state index in [1.807, 2.05) is 21.1 Å². The molecule has 2 unspecified atom stereocenters. The molecule has 0 saturated carbocycles. The van der Waals surface area contributed by atoms with Gasteiger partial charge in [-0.2, -0.15) is 0 Å². The minimum atomic E-state index is -1.51. The van der Waals surface area contributed by atoms with Crippen molar-refractivity contribution in [2.75, 3.05) is 47.5 Å². The average molecular weight is 695 g/mol. The molecule has 0 aromatic rings. The molecule has 0 aliphatic rings. The van der Waals surface area contributed by atoms with Crippen LogP contribution >= 0.6 is 0 Å². The number of nitrogens with zero attached hydrogens (tertiary/aromatic N) is 1. The highest BCUT2D eigenvalue weighted by Gasteiger charge is 2.25. The van der Waals surface area contributed by atoms with E-state index in [2.05, 4.69) is 50.3 Å². The third-order valence-corrected chi connectivity index (χ3v) is 7.91. The molecule has 2 atom stereocenters. The van der Waals surface area contributed by atoms with Crippen molar-refractivity contribution in [1.82, 2.24) is 0 Å². The summed E-state index contributed by atoms with van der Waals surface area (Å²) in [6.07, 6.45) is 30.6. The van der Waals surface area contributed by atoms with Crippen molar-refractivity contribution < 1.29 is 42.9 Å². The molecule has 0 aromatic heterocycles. The van der Waals surface area contributed by atoms with E-state index < -0.39 is 24.3 Å². The lowest BCUT2D eigenvalue weighted by Crippen LogP contribution is -2.40. The quantitative estimate of drug-likeness (QED) is 0.0234. The number of rotatable bonds is 34. The highest BCUT2D eigenvalue weighted by atomic mass is 16.7. The van der Waals surface area contributed by atoms with E-state index in [0.29, 0.717) is 23.9 Å². The third-order valence-electron chi connectivity index (χ3n) is 7.91. The van der Waals surface area contributed by atoms with Gasteiger partial charge in [-0.3, -0.25) is 9.59 Å². The molecule has 0 rings (SSSR count). The Morgan fingerprint density at radius 3 is 1.73 bits per heavy atom. The Labute approximate surface area is 299 Å². The molecule has 0 aliphatic carbocycles. The second-order valence-electron chi connectivity index (χ2n) is 13.9. The number of unbranched alkanes of at least 4 members (excludes halogenated alkanes) is 13. The van der Waals surface area contributed by atoms with Gasteiger partial charge in [0.15, 0.2) is 6.10 Å². The summed E-state index contributed by atoms with van der Waals surface area (Å²) in [7, 11) is 5.93. The maximum atomic E-state index is 12.7. The Hall–Kier alpha value is -2.49. The van der Waals surface area contributed by atoms with Gasteiger partial charge < -0.3 is 28.5 Å². The number of carbonyl (C=O) groups excluding carboxylic acids is 2. The maximum absolute atomic E-state index is 12.7. The van der Waals surface area contributed by atoms with Crippen molar-refractivity contribution >= 4 is 17.9 Å². The molecule has 1 N–H and O–H groups in total. The van der Waals surface area contributed by atoms with Gasteiger partial charge in [0.05, 0.1) is 34.4 Å². The summed E-state index contributed by atoms with van der Waals surface area (Å²) in [6.45, 7) is 4.69. The summed E-state index contributed by atoms with van der Waals surface area (Å²) >= 11 is 0. The summed E-state index contributed by atoms with van der Waals surface area (Å²) in [4.78, 5) is 36.8. The SMILES string of the molecule is CC/C=C\C/C=C\C/C=C\CCCCCCCC(=O)OC(COC(=O)CCCCCCCCCCC)COC(OCC[N+](C)(C)C)C(=O)O. The van der Waals surface area contributed by atoms with Crippen molar-refractivity contribution in [2.24, 2.45) is 0 Å². The van der Waals surface area contributed by atoms with E-state index in [9.17, 15) is 19.5 Å². The van der Waals surface area contributed by atoms with Crippen molar-refractivity contribution in [3.63, 3.8) is 0 Å². The van der Waals surface area contributed by atoms with Crippen LogP contribution in [0.5, 0.6) is 0 Å². The first kappa shape index (κ1) is 46.5. The monoisotopic (exact) mass is 695 g/mol. The molecule has 0 aliphatic heterocycles. The van der Waals surface area contributed by atoms with Crippen LogP contribution in [0.2, 0.25) is 0 Å². The summed E-state index contributed by atoms with van der Waals surface area (Å²) in [5, 5.41) is 9.57. The van der Waals surface area contributed by atoms with E-state index in [1.165, 1.54) is 38.5 Å². The lowest BCUT2D eigenvalue weighted by Gasteiger charge is -2.25.